The molecule has 0 radical (unpaired) electrons. The monoisotopic (exact) mass is 265 g/mol. The van der Waals surface area contributed by atoms with Crippen LogP contribution in [0.1, 0.15) is 48.6 Å². The third-order valence-electron chi connectivity index (χ3n) is 3.35. The summed E-state index contributed by atoms with van der Waals surface area (Å²) in [7, 11) is 1.71. The number of aromatic nitrogens is 1. The van der Waals surface area contributed by atoms with Gasteiger partial charge in [0, 0.05) is 32.5 Å². The summed E-state index contributed by atoms with van der Waals surface area (Å²) >= 11 is 0. The number of carbonyl (C=O) groups excluding carboxylic acids is 1. The number of nitrogen functional groups attached to an aromatic ring is 1. The van der Waals surface area contributed by atoms with E-state index >= 15 is 0 Å². The van der Waals surface area contributed by atoms with Gasteiger partial charge >= 0.3 is 0 Å². The minimum Gasteiger partial charge on any atom is -0.397 e. The van der Waals surface area contributed by atoms with Gasteiger partial charge in [-0.3, -0.25) is 4.79 Å². The Morgan fingerprint density at radius 2 is 2.26 bits per heavy atom. The van der Waals surface area contributed by atoms with Crippen molar-refractivity contribution in [1.29, 1.82) is 0 Å². The molecule has 5 heteroatoms. The van der Waals surface area contributed by atoms with Crippen LogP contribution in [0.4, 0.5) is 5.69 Å². The molecule has 0 atom stereocenters. The van der Waals surface area contributed by atoms with E-state index in [-0.39, 0.29) is 5.91 Å². The van der Waals surface area contributed by atoms with Crippen LogP contribution in [0.2, 0.25) is 0 Å². The number of anilines is 1. The highest BCUT2D eigenvalue weighted by atomic mass is 16.5. The normalized spacial score (nSPS) is 14.6. The molecule has 0 spiro atoms. The first-order valence-electron chi connectivity index (χ1n) is 6.97. The molecule has 19 heavy (non-hydrogen) atoms. The van der Waals surface area contributed by atoms with Crippen LogP contribution in [0, 0.1) is 0 Å². The Hall–Kier alpha value is -1.49. The van der Waals surface area contributed by atoms with Gasteiger partial charge in [0.2, 0.25) is 0 Å². The molecule has 0 aliphatic heterocycles. The first kappa shape index (κ1) is 13.9. The summed E-state index contributed by atoms with van der Waals surface area (Å²) in [4.78, 5) is 12.1. The fourth-order valence-corrected chi connectivity index (χ4v) is 2.18. The number of nitrogens with two attached hydrogens (primary N) is 1. The van der Waals surface area contributed by atoms with Gasteiger partial charge in [0.1, 0.15) is 5.69 Å². The van der Waals surface area contributed by atoms with E-state index in [4.69, 9.17) is 10.5 Å². The highest BCUT2D eigenvalue weighted by Crippen LogP contribution is 2.37. The Balaban J connectivity index is 1.76. The molecule has 1 saturated carbocycles. The predicted octanol–water partition coefficient (Wildman–Crippen LogP) is 1.95. The lowest BCUT2D eigenvalue weighted by atomic mass is 10.2. The zero-order valence-corrected chi connectivity index (χ0v) is 11.5. The summed E-state index contributed by atoms with van der Waals surface area (Å²) in [6.07, 6.45) is 7.24. The number of nitrogens with zero attached hydrogens (tertiary/aromatic N) is 1. The van der Waals surface area contributed by atoms with Gasteiger partial charge in [-0.15, -0.1) is 0 Å². The molecule has 1 aliphatic rings. The number of unbranched alkanes of at least 4 members (excludes halogenated alkanes) is 2. The zero-order chi connectivity index (χ0) is 13.7. The second-order valence-corrected chi connectivity index (χ2v) is 5.11. The van der Waals surface area contributed by atoms with E-state index in [1.807, 2.05) is 10.8 Å². The quantitative estimate of drug-likeness (QED) is 0.706. The van der Waals surface area contributed by atoms with Crippen molar-refractivity contribution in [2.45, 2.75) is 38.1 Å². The number of ether oxygens (including phenoxy) is 1. The largest absolute Gasteiger partial charge is 0.397 e. The fraction of sp³-hybridized carbons (Fsp3) is 0.643. The van der Waals surface area contributed by atoms with Crippen LogP contribution < -0.4 is 11.1 Å². The predicted molar refractivity (Wildman–Crippen MR) is 75.2 cm³/mol. The average molecular weight is 265 g/mol. The fourth-order valence-electron chi connectivity index (χ4n) is 2.18. The maximum Gasteiger partial charge on any atom is 0.267 e. The van der Waals surface area contributed by atoms with E-state index in [9.17, 15) is 4.79 Å². The van der Waals surface area contributed by atoms with Crippen LogP contribution in [0.15, 0.2) is 12.3 Å². The first-order valence-corrected chi connectivity index (χ1v) is 6.97. The molecular weight excluding hydrogens is 242 g/mol. The summed E-state index contributed by atoms with van der Waals surface area (Å²) in [5, 5.41) is 2.96. The third kappa shape index (κ3) is 3.99. The van der Waals surface area contributed by atoms with E-state index in [1.165, 1.54) is 0 Å². The van der Waals surface area contributed by atoms with Crippen molar-refractivity contribution in [2.24, 2.45) is 0 Å². The molecule has 0 unspecified atom stereocenters. The molecule has 1 aromatic rings. The minimum absolute atomic E-state index is 0.0182. The summed E-state index contributed by atoms with van der Waals surface area (Å²) < 4.78 is 7.00. The van der Waals surface area contributed by atoms with Crippen LogP contribution in [-0.4, -0.2) is 30.7 Å². The molecule has 0 aromatic carbocycles. The Labute approximate surface area is 114 Å². The van der Waals surface area contributed by atoms with Gasteiger partial charge in [0.05, 0.1) is 5.69 Å². The zero-order valence-electron chi connectivity index (χ0n) is 11.5. The Bertz CT molecular complexity index is 424. The average Bonchev–Trinajstić information content (AvgIpc) is 3.16. The molecular formula is C14H23N3O2. The minimum atomic E-state index is -0.0182. The Kier molecular flexibility index (Phi) is 4.85. The summed E-state index contributed by atoms with van der Waals surface area (Å²) in [6.45, 7) is 1.49. The van der Waals surface area contributed by atoms with Gasteiger partial charge in [-0.1, -0.05) is 0 Å². The van der Waals surface area contributed by atoms with Crippen LogP contribution >= 0.6 is 0 Å². The van der Waals surface area contributed by atoms with Gasteiger partial charge in [0.25, 0.3) is 5.91 Å². The Morgan fingerprint density at radius 1 is 1.47 bits per heavy atom. The molecule has 1 amide bonds. The van der Waals surface area contributed by atoms with Crippen molar-refractivity contribution in [3.05, 3.63) is 18.0 Å². The van der Waals surface area contributed by atoms with E-state index in [2.05, 4.69) is 5.32 Å². The van der Waals surface area contributed by atoms with Gasteiger partial charge in [-0.2, -0.15) is 0 Å². The van der Waals surface area contributed by atoms with Crippen LogP contribution in [0.5, 0.6) is 0 Å². The lowest BCUT2D eigenvalue weighted by Gasteiger charge is -2.08. The molecule has 2 rings (SSSR count). The van der Waals surface area contributed by atoms with E-state index < -0.39 is 0 Å². The molecule has 0 bridgehead atoms. The van der Waals surface area contributed by atoms with Crippen LogP contribution in [0.25, 0.3) is 0 Å². The number of hydrogen-bond donors (Lipinski definition) is 2. The molecule has 1 aromatic heterocycles. The number of hydrogen-bond acceptors (Lipinski definition) is 3. The second-order valence-electron chi connectivity index (χ2n) is 5.11. The summed E-state index contributed by atoms with van der Waals surface area (Å²) in [6, 6.07) is 2.23. The third-order valence-corrected chi connectivity index (χ3v) is 3.35. The van der Waals surface area contributed by atoms with Gasteiger partial charge in [-0.05, 0) is 38.2 Å². The Morgan fingerprint density at radius 3 is 2.95 bits per heavy atom. The van der Waals surface area contributed by atoms with Crippen LogP contribution in [0.3, 0.4) is 0 Å². The molecule has 1 fully saturated rings. The molecule has 1 aliphatic carbocycles. The number of amides is 1. The summed E-state index contributed by atoms with van der Waals surface area (Å²) in [5.41, 5.74) is 7.13. The number of methoxy groups -OCH3 is 1. The highest BCUT2D eigenvalue weighted by Gasteiger charge is 2.27. The smallest absolute Gasteiger partial charge is 0.267 e. The van der Waals surface area contributed by atoms with Crippen molar-refractivity contribution in [1.82, 2.24) is 9.88 Å². The maximum atomic E-state index is 12.1. The SMILES string of the molecule is COCCCCCNC(=O)c1cc(N)cn1C1CC1. The second kappa shape index (κ2) is 6.61. The van der Waals surface area contributed by atoms with Crippen molar-refractivity contribution >= 4 is 11.6 Å². The van der Waals surface area contributed by atoms with Crippen LogP contribution in [-0.2, 0) is 4.74 Å². The summed E-state index contributed by atoms with van der Waals surface area (Å²) in [5.74, 6) is -0.0182. The topological polar surface area (TPSA) is 69.3 Å². The molecule has 106 valence electrons. The van der Waals surface area contributed by atoms with Crippen molar-refractivity contribution in [3.8, 4) is 0 Å². The van der Waals surface area contributed by atoms with E-state index in [0.29, 0.717) is 24.0 Å². The van der Waals surface area contributed by atoms with Crippen molar-refractivity contribution in [2.75, 3.05) is 26.0 Å². The first-order chi connectivity index (χ1) is 9.22. The number of carbonyl (C=O) groups is 1. The van der Waals surface area contributed by atoms with Gasteiger partial charge < -0.3 is 20.4 Å². The maximum absolute atomic E-state index is 12.1. The van der Waals surface area contributed by atoms with Gasteiger partial charge in [-0.25, -0.2) is 0 Å². The standard InChI is InChI=1S/C14H23N3O2/c1-19-8-4-2-3-7-16-14(18)13-9-11(15)10-17(13)12-5-6-12/h9-10,12H,2-8,15H2,1H3,(H,16,18). The molecule has 0 saturated heterocycles. The lowest BCUT2D eigenvalue weighted by Crippen LogP contribution is -2.26. The number of nitrogens with one attached hydrogen (secondary N) is 1. The lowest BCUT2D eigenvalue weighted by molar-refractivity contribution is 0.0943. The molecule has 3 N–H and O–H groups in total. The molecule has 5 nitrogen and oxygen atoms in total. The number of rotatable bonds is 8. The highest BCUT2D eigenvalue weighted by molar-refractivity contribution is 5.93. The van der Waals surface area contributed by atoms with Crippen molar-refractivity contribution < 1.29 is 9.53 Å². The van der Waals surface area contributed by atoms with E-state index in [1.54, 1.807) is 13.2 Å². The van der Waals surface area contributed by atoms with Crippen molar-refractivity contribution in [3.63, 3.8) is 0 Å². The van der Waals surface area contributed by atoms with E-state index in [0.717, 1.165) is 38.7 Å². The molecule has 1 heterocycles. The van der Waals surface area contributed by atoms with Gasteiger partial charge in [0.15, 0.2) is 0 Å².